The van der Waals surface area contributed by atoms with Crippen LogP contribution in [-0.4, -0.2) is 5.78 Å². The minimum atomic E-state index is -0.125. The fourth-order valence-corrected chi connectivity index (χ4v) is 3.22. The molecule has 3 heteroatoms. The van der Waals surface area contributed by atoms with Gasteiger partial charge in [-0.25, -0.2) is 0 Å². The van der Waals surface area contributed by atoms with E-state index >= 15 is 0 Å². The molecule has 2 aromatic rings. The van der Waals surface area contributed by atoms with Crippen molar-refractivity contribution in [3.05, 3.63) is 88.7 Å². The van der Waals surface area contributed by atoms with E-state index in [1.54, 1.807) is 0 Å². The van der Waals surface area contributed by atoms with Crippen LogP contribution in [0.15, 0.2) is 77.6 Å². The highest BCUT2D eigenvalue weighted by atomic mass is 16.5. The van der Waals surface area contributed by atoms with Crippen LogP contribution in [0.25, 0.3) is 5.76 Å². The summed E-state index contributed by atoms with van der Waals surface area (Å²) in [4.78, 5) is 12.2. The number of hydrogen-bond donors (Lipinski definition) is 0. The molecule has 0 radical (unpaired) electrons. The largest absolute Gasteiger partial charge is 0.460 e. The van der Waals surface area contributed by atoms with E-state index in [1.165, 1.54) is 0 Å². The maximum absolute atomic E-state index is 12.2. The number of allylic oxidation sites excluding steroid dienone is 3. The maximum Gasteiger partial charge on any atom is 0.161 e. The van der Waals surface area contributed by atoms with Crippen LogP contribution in [0.2, 0.25) is 0 Å². The van der Waals surface area contributed by atoms with Crippen molar-refractivity contribution >= 4 is 11.5 Å². The van der Waals surface area contributed by atoms with E-state index in [-0.39, 0.29) is 11.7 Å². The van der Waals surface area contributed by atoms with Crippen LogP contribution >= 0.6 is 0 Å². The van der Waals surface area contributed by atoms with Crippen LogP contribution in [0, 0.1) is 11.3 Å². The number of carbonyl (C=O) groups excluding carboxylic acids is 1. The molecular weight excluding hydrogens is 322 g/mol. The summed E-state index contributed by atoms with van der Waals surface area (Å²) in [6.45, 7) is 3.65. The van der Waals surface area contributed by atoms with Gasteiger partial charge >= 0.3 is 0 Å². The van der Waals surface area contributed by atoms with Gasteiger partial charge in [0.25, 0.3) is 0 Å². The summed E-state index contributed by atoms with van der Waals surface area (Å²) in [5.74, 6) is 1.15. The summed E-state index contributed by atoms with van der Waals surface area (Å²) in [6.07, 6.45) is 0.949. The maximum atomic E-state index is 12.2. The Hall–Kier alpha value is -3.12. The standard InChI is InChI=1S/C23H21NO2/c1-3-21(25)16(2)22-14-19(17-10-6-4-7-11-17)20(15-24)23(26-22)18-12-8-5-9-13-18/h4-13,19H,3,14H2,1-2H3/b22-16-/t19-/m1/s1. The lowest BCUT2D eigenvalue weighted by Crippen LogP contribution is -2.16. The zero-order chi connectivity index (χ0) is 18.5. The number of Topliss-reactive ketones (excluding diaryl/α,β-unsaturated/α-hetero) is 1. The van der Waals surface area contributed by atoms with E-state index in [9.17, 15) is 10.1 Å². The molecule has 1 heterocycles. The highest BCUT2D eigenvalue weighted by Gasteiger charge is 2.31. The number of nitriles is 1. The average Bonchev–Trinajstić information content (AvgIpc) is 2.72. The van der Waals surface area contributed by atoms with Crippen LogP contribution in [0.5, 0.6) is 0 Å². The number of ether oxygens (including phenoxy) is 1. The predicted molar refractivity (Wildman–Crippen MR) is 102 cm³/mol. The first-order chi connectivity index (χ1) is 12.7. The Balaban J connectivity index is 2.19. The molecule has 0 aromatic heterocycles. The van der Waals surface area contributed by atoms with E-state index in [0.717, 1.165) is 11.1 Å². The van der Waals surface area contributed by atoms with Crippen molar-refractivity contribution in [2.45, 2.75) is 32.6 Å². The van der Waals surface area contributed by atoms with Crippen LogP contribution in [-0.2, 0) is 9.53 Å². The second-order valence-corrected chi connectivity index (χ2v) is 6.31. The molecule has 1 aliphatic rings. The van der Waals surface area contributed by atoms with Crippen molar-refractivity contribution in [1.29, 1.82) is 5.26 Å². The van der Waals surface area contributed by atoms with Gasteiger partial charge in [-0.2, -0.15) is 5.26 Å². The molecule has 0 unspecified atom stereocenters. The molecule has 1 atom stereocenters. The Morgan fingerprint density at radius 1 is 1.12 bits per heavy atom. The molecule has 3 nitrogen and oxygen atoms in total. The second kappa shape index (κ2) is 7.84. The Morgan fingerprint density at radius 3 is 2.31 bits per heavy atom. The molecular formula is C23H21NO2. The van der Waals surface area contributed by atoms with E-state index < -0.39 is 0 Å². The molecule has 0 fully saturated rings. The zero-order valence-corrected chi connectivity index (χ0v) is 15.0. The molecule has 0 spiro atoms. The first kappa shape index (κ1) is 17.7. The number of ketones is 1. The van der Waals surface area contributed by atoms with Crippen LogP contribution < -0.4 is 0 Å². The lowest BCUT2D eigenvalue weighted by Gasteiger charge is -2.29. The van der Waals surface area contributed by atoms with E-state index in [4.69, 9.17) is 4.74 Å². The van der Waals surface area contributed by atoms with Gasteiger partial charge in [-0.15, -0.1) is 0 Å². The predicted octanol–water partition coefficient (Wildman–Crippen LogP) is 5.38. The smallest absolute Gasteiger partial charge is 0.161 e. The highest BCUT2D eigenvalue weighted by molar-refractivity contribution is 5.95. The van der Waals surface area contributed by atoms with Crippen LogP contribution in [0.4, 0.5) is 0 Å². The first-order valence-corrected chi connectivity index (χ1v) is 8.81. The molecule has 2 aromatic carbocycles. The average molecular weight is 343 g/mol. The fourth-order valence-electron chi connectivity index (χ4n) is 3.22. The third-order valence-electron chi connectivity index (χ3n) is 4.72. The molecule has 130 valence electrons. The summed E-state index contributed by atoms with van der Waals surface area (Å²) in [5, 5.41) is 9.86. The second-order valence-electron chi connectivity index (χ2n) is 6.31. The molecule has 0 N–H and O–H groups in total. The van der Waals surface area contributed by atoms with Gasteiger partial charge in [0.15, 0.2) is 5.78 Å². The van der Waals surface area contributed by atoms with E-state index in [0.29, 0.717) is 35.5 Å². The molecule has 26 heavy (non-hydrogen) atoms. The minimum absolute atomic E-state index is 0.0691. The van der Waals surface area contributed by atoms with Crippen molar-refractivity contribution in [3.8, 4) is 6.07 Å². The van der Waals surface area contributed by atoms with Gasteiger partial charge in [-0.3, -0.25) is 4.79 Å². The highest BCUT2D eigenvalue weighted by Crippen LogP contribution is 2.42. The molecule has 0 saturated carbocycles. The number of rotatable bonds is 4. The molecule has 0 saturated heterocycles. The Bertz CT molecular complexity index is 902. The van der Waals surface area contributed by atoms with Gasteiger partial charge in [-0.1, -0.05) is 67.6 Å². The fraction of sp³-hybridized carbons (Fsp3) is 0.217. The topological polar surface area (TPSA) is 50.1 Å². The number of nitrogens with zero attached hydrogens (tertiary/aromatic N) is 1. The normalized spacial score (nSPS) is 18.7. The molecule has 0 bridgehead atoms. The van der Waals surface area contributed by atoms with Crippen molar-refractivity contribution in [2.24, 2.45) is 0 Å². The lowest BCUT2D eigenvalue weighted by atomic mass is 9.83. The van der Waals surface area contributed by atoms with Gasteiger partial charge in [0, 0.05) is 29.9 Å². The minimum Gasteiger partial charge on any atom is -0.460 e. The third kappa shape index (κ3) is 3.45. The van der Waals surface area contributed by atoms with Crippen molar-refractivity contribution < 1.29 is 9.53 Å². The molecule has 3 rings (SSSR count). The van der Waals surface area contributed by atoms with E-state index in [2.05, 4.69) is 6.07 Å². The molecule has 1 aliphatic heterocycles. The van der Waals surface area contributed by atoms with Crippen LogP contribution in [0.1, 0.15) is 43.7 Å². The van der Waals surface area contributed by atoms with Crippen molar-refractivity contribution in [3.63, 3.8) is 0 Å². The summed E-state index contributed by atoms with van der Waals surface area (Å²) >= 11 is 0. The van der Waals surface area contributed by atoms with E-state index in [1.807, 2.05) is 74.5 Å². The SMILES string of the molecule is CCC(=O)/C(C)=C1/C[C@H](c2ccccc2)C(C#N)=C(c2ccccc2)O1. The Kier molecular flexibility index (Phi) is 5.34. The zero-order valence-electron chi connectivity index (χ0n) is 15.0. The summed E-state index contributed by atoms with van der Waals surface area (Å²) in [6, 6.07) is 21.9. The monoisotopic (exact) mass is 343 g/mol. The van der Waals surface area contributed by atoms with Gasteiger partial charge in [0.1, 0.15) is 11.5 Å². The number of carbonyl (C=O) groups is 1. The third-order valence-corrected chi connectivity index (χ3v) is 4.72. The van der Waals surface area contributed by atoms with Gasteiger partial charge < -0.3 is 4.74 Å². The number of benzene rings is 2. The van der Waals surface area contributed by atoms with Crippen molar-refractivity contribution in [2.75, 3.05) is 0 Å². The summed E-state index contributed by atoms with van der Waals surface area (Å²) < 4.78 is 6.13. The van der Waals surface area contributed by atoms with Gasteiger partial charge in [-0.05, 0) is 12.5 Å². The van der Waals surface area contributed by atoms with Gasteiger partial charge in [0.2, 0.25) is 0 Å². The van der Waals surface area contributed by atoms with Gasteiger partial charge in [0.05, 0.1) is 11.6 Å². The van der Waals surface area contributed by atoms with Crippen molar-refractivity contribution in [1.82, 2.24) is 0 Å². The molecule has 0 amide bonds. The summed E-state index contributed by atoms with van der Waals surface area (Å²) in [5.41, 5.74) is 3.13. The van der Waals surface area contributed by atoms with Crippen LogP contribution in [0.3, 0.4) is 0 Å². The summed E-state index contributed by atoms with van der Waals surface area (Å²) in [7, 11) is 0. The quantitative estimate of drug-likeness (QED) is 0.700. The number of hydrogen-bond acceptors (Lipinski definition) is 3. The lowest BCUT2D eigenvalue weighted by molar-refractivity contribution is -0.115. The Morgan fingerprint density at radius 2 is 1.73 bits per heavy atom. The molecule has 0 aliphatic carbocycles. The first-order valence-electron chi connectivity index (χ1n) is 8.81. The Labute approximate surface area is 154 Å².